The lowest BCUT2D eigenvalue weighted by Crippen LogP contribution is -2.47. The van der Waals surface area contributed by atoms with Gasteiger partial charge in [0.2, 0.25) is 5.91 Å². The summed E-state index contributed by atoms with van der Waals surface area (Å²) >= 11 is 15.7. The smallest absolute Gasteiger partial charge is 0.251 e. The van der Waals surface area contributed by atoms with E-state index >= 15 is 4.39 Å². The van der Waals surface area contributed by atoms with Crippen LogP contribution in [0.4, 0.5) is 10.1 Å². The SMILES string of the molecule is CCC(NC(=O)c1ccc(NC(=O)Cc2ccc(Br)c(Oc3cc(Cl)cc(C#N)c3)c2F)c(Cl)c1)C1CCCN1. The molecule has 1 saturated heterocycles. The van der Waals surface area contributed by atoms with E-state index in [2.05, 4.69) is 31.9 Å². The fraction of sp³-hybridized carbons (Fsp3) is 0.276. The van der Waals surface area contributed by atoms with Crippen LogP contribution < -0.4 is 20.7 Å². The van der Waals surface area contributed by atoms with E-state index in [0.717, 1.165) is 25.8 Å². The Morgan fingerprint density at radius 3 is 2.70 bits per heavy atom. The number of amides is 2. The van der Waals surface area contributed by atoms with Gasteiger partial charge in [0.05, 0.1) is 33.2 Å². The van der Waals surface area contributed by atoms with Gasteiger partial charge < -0.3 is 20.7 Å². The lowest BCUT2D eigenvalue weighted by Gasteiger charge is -2.23. The molecule has 0 radical (unpaired) electrons. The Balaban J connectivity index is 1.43. The van der Waals surface area contributed by atoms with Crippen molar-refractivity contribution in [2.75, 3.05) is 11.9 Å². The van der Waals surface area contributed by atoms with Crippen LogP contribution in [0.3, 0.4) is 0 Å². The molecule has 4 rings (SSSR count). The third-order valence-electron chi connectivity index (χ3n) is 6.55. The third-order valence-corrected chi connectivity index (χ3v) is 7.70. The molecule has 7 nitrogen and oxygen atoms in total. The van der Waals surface area contributed by atoms with Gasteiger partial charge >= 0.3 is 0 Å². The number of rotatable bonds is 9. The Kier molecular flexibility index (Phi) is 10.0. The molecule has 0 saturated carbocycles. The molecule has 3 aromatic rings. The molecule has 2 amide bonds. The third kappa shape index (κ3) is 7.32. The van der Waals surface area contributed by atoms with Gasteiger partial charge in [-0.15, -0.1) is 0 Å². The standard InChI is InChI=1S/C29H26BrCl2FN4O3/c1-2-23(25-4-3-9-35-25)37-29(39)18-6-8-24(22(32)12-18)36-26(38)13-17-5-7-21(30)28(27(17)33)40-20-11-16(15-34)10-19(31)14-20/h5-8,10-12,14,23,25,35H,2-4,9,13H2,1H3,(H,36,38)(H,37,39). The number of benzene rings is 3. The van der Waals surface area contributed by atoms with Gasteiger partial charge in [-0.05, 0) is 84.2 Å². The Morgan fingerprint density at radius 1 is 1.23 bits per heavy atom. The van der Waals surface area contributed by atoms with Crippen LogP contribution in [0.1, 0.15) is 47.7 Å². The number of hydrogen-bond acceptors (Lipinski definition) is 5. The van der Waals surface area contributed by atoms with E-state index in [1.807, 2.05) is 13.0 Å². The van der Waals surface area contributed by atoms with E-state index < -0.39 is 11.7 Å². The molecule has 0 aromatic heterocycles. The first-order valence-corrected chi connectivity index (χ1v) is 14.2. The van der Waals surface area contributed by atoms with Gasteiger partial charge in [0.15, 0.2) is 11.6 Å². The molecule has 0 spiro atoms. The molecule has 0 bridgehead atoms. The largest absolute Gasteiger partial charge is 0.453 e. The van der Waals surface area contributed by atoms with Gasteiger partial charge in [-0.3, -0.25) is 9.59 Å². The summed E-state index contributed by atoms with van der Waals surface area (Å²) in [6.45, 7) is 2.97. The lowest BCUT2D eigenvalue weighted by atomic mass is 10.0. The van der Waals surface area contributed by atoms with Crippen molar-refractivity contribution >= 4 is 56.6 Å². The summed E-state index contributed by atoms with van der Waals surface area (Å²) in [6, 6.07) is 14.2. The Bertz CT molecular complexity index is 1470. The molecule has 2 atom stereocenters. The summed E-state index contributed by atoms with van der Waals surface area (Å²) in [4.78, 5) is 25.6. The second-order valence-corrected chi connectivity index (χ2v) is 11.0. The Labute approximate surface area is 250 Å². The summed E-state index contributed by atoms with van der Waals surface area (Å²) in [7, 11) is 0. The van der Waals surface area contributed by atoms with Crippen LogP contribution in [0, 0.1) is 17.1 Å². The van der Waals surface area contributed by atoms with E-state index in [1.165, 1.54) is 30.3 Å². The topological polar surface area (TPSA) is 103 Å². The van der Waals surface area contributed by atoms with E-state index in [0.29, 0.717) is 15.7 Å². The summed E-state index contributed by atoms with van der Waals surface area (Å²) in [5.41, 5.74) is 1.01. The van der Waals surface area contributed by atoms with Crippen molar-refractivity contribution in [2.24, 2.45) is 0 Å². The van der Waals surface area contributed by atoms with Gasteiger partial charge in [0, 0.05) is 28.2 Å². The number of ether oxygens (including phenoxy) is 1. The zero-order valence-corrected chi connectivity index (χ0v) is 24.6. The van der Waals surface area contributed by atoms with Gasteiger partial charge in [-0.1, -0.05) is 36.2 Å². The second-order valence-electron chi connectivity index (χ2n) is 9.35. The van der Waals surface area contributed by atoms with Crippen molar-refractivity contribution in [3.05, 3.63) is 85.6 Å². The highest BCUT2D eigenvalue weighted by Gasteiger charge is 2.25. The number of nitriles is 1. The summed E-state index contributed by atoms with van der Waals surface area (Å²) in [5.74, 6) is -1.48. The number of hydrogen-bond donors (Lipinski definition) is 3. The zero-order valence-electron chi connectivity index (χ0n) is 21.5. The molecule has 1 heterocycles. The maximum atomic E-state index is 15.4. The summed E-state index contributed by atoms with van der Waals surface area (Å²) < 4.78 is 21.4. The Hall–Kier alpha value is -3.16. The van der Waals surface area contributed by atoms with Crippen molar-refractivity contribution in [1.82, 2.24) is 10.6 Å². The highest BCUT2D eigenvalue weighted by atomic mass is 79.9. The quantitative estimate of drug-likeness (QED) is 0.232. The fourth-order valence-corrected chi connectivity index (χ4v) is 5.37. The molecule has 0 aliphatic carbocycles. The molecule has 1 aliphatic rings. The molecule has 11 heteroatoms. The molecule has 3 aromatic carbocycles. The number of carbonyl (C=O) groups excluding carboxylic acids is 2. The monoisotopic (exact) mass is 646 g/mol. The number of halogens is 4. The molecule has 3 N–H and O–H groups in total. The maximum absolute atomic E-state index is 15.4. The molecular weight excluding hydrogens is 622 g/mol. The molecule has 40 heavy (non-hydrogen) atoms. The van der Waals surface area contributed by atoms with E-state index in [-0.39, 0.29) is 57.1 Å². The average molecular weight is 648 g/mol. The summed E-state index contributed by atoms with van der Waals surface area (Å²) in [6.07, 6.45) is 2.59. The summed E-state index contributed by atoms with van der Waals surface area (Å²) in [5, 5.41) is 18.7. The first kappa shape index (κ1) is 29.8. The van der Waals surface area contributed by atoms with Crippen LogP contribution in [0.25, 0.3) is 0 Å². The highest BCUT2D eigenvalue weighted by molar-refractivity contribution is 9.10. The van der Waals surface area contributed by atoms with Crippen LogP contribution in [-0.2, 0) is 11.2 Å². The van der Waals surface area contributed by atoms with Crippen LogP contribution in [0.15, 0.2) is 53.0 Å². The van der Waals surface area contributed by atoms with Crippen molar-refractivity contribution in [1.29, 1.82) is 5.26 Å². The minimum atomic E-state index is -0.747. The first-order chi connectivity index (χ1) is 19.2. The van der Waals surface area contributed by atoms with E-state index in [9.17, 15) is 9.59 Å². The minimum Gasteiger partial charge on any atom is -0.453 e. The molecule has 1 fully saturated rings. The highest BCUT2D eigenvalue weighted by Crippen LogP contribution is 2.36. The van der Waals surface area contributed by atoms with E-state index in [1.54, 1.807) is 18.2 Å². The van der Waals surface area contributed by atoms with Gasteiger partial charge in [0.25, 0.3) is 5.91 Å². The lowest BCUT2D eigenvalue weighted by molar-refractivity contribution is -0.115. The number of nitrogens with one attached hydrogen (secondary N) is 3. The van der Waals surface area contributed by atoms with Crippen LogP contribution >= 0.6 is 39.1 Å². The Morgan fingerprint density at radius 2 is 2.02 bits per heavy atom. The first-order valence-electron chi connectivity index (χ1n) is 12.7. The van der Waals surface area contributed by atoms with Crippen molar-refractivity contribution < 1.29 is 18.7 Å². The number of anilines is 1. The molecule has 1 aliphatic heterocycles. The minimum absolute atomic E-state index is 0.00936. The van der Waals surface area contributed by atoms with Crippen LogP contribution in [0.2, 0.25) is 10.0 Å². The van der Waals surface area contributed by atoms with Crippen molar-refractivity contribution in [3.8, 4) is 17.6 Å². The van der Waals surface area contributed by atoms with Crippen molar-refractivity contribution in [3.63, 3.8) is 0 Å². The zero-order chi connectivity index (χ0) is 28.8. The normalized spacial score (nSPS) is 15.2. The average Bonchev–Trinajstić information content (AvgIpc) is 3.47. The molecule has 208 valence electrons. The number of nitrogens with zero attached hydrogens (tertiary/aromatic N) is 1. The maximum Gasteiger partial charge on any atom is 0.251 e. The van der Waals surface area contributed by atoms with Gasteiger partial charge in [-0.25, -0.2) is 4.39 Å². The van der Waals surface area contributed by atoms with Crippen LogP contribution in [-0.4, -0.2) is 30.4 Å². The molecular formula is C29H26BrCl2FN4O3. The second kappa shape index (κ2) is 13.5. The molecule has 2 unspecified atom stereocenters. The number of carbonyl (C=O) groups is 2. The fourth-order valence-electron chi connectivity index (χ4n) is 4.53. The predicted molar refractivity (Wildman–Crippen MR) is 157 cm³/mol. The predicted octanol–water partition coefficient (Wildman–Crippen LogP) is 7.00. The van der Waals surface area contributed by atoms with Gasteiger partial charge in [-0.2, -0.15) is 5.26 Å². The van der Waals surface area contributed by atoms with Crippen LogP contribution in [0.5, 0.6) is 11.5 Å². The van der Waals surface area contributed by atoms with Crippen molar-refractivity contribution in [2.45, 2.75) is 44.7 Å². The van der Waals surface area contributed by atoms with E-state index in [4.69, 9.17) is 33.2 Å². The van der Waals surface area contributed by atoms with Gasteiger partial charge in [0.1, 0.15) is 5.75 Å².